The van der Waals surface area contributed by atoms with Gasteiger partial charge in [-0.25, -0.2) is 49.5 Å². The standard InChI is InChI=1S/C36H29ClF6N4O6S/c37-23-12-21(38)7-5-20(23)14-46(54(51,52)35-33(42)31(40)30(39)32(41)34(35)43)16-29(48)47(26-10-6-19(36(49)50)11-27(26)53-22-8-9-22)15-28-44-24(17-1-2-17)13-25(45-28)18-3-4-18/h5-7,10-13,17-18,22H,1-4,8-9,14-16H2,(H,49,50). The molecule has 0 unspecified atom stereocenters. The fraction of sp³-hybridized carbons (Fsp3) is 0.333. The van der Waals surface area contributed by atoms with Gasteiger partial charge in [0, 0.05) is 34.8 Å². The summed E-state index contributed by atoms with van der Waals surface area (Å²) in [5.41, 5.74) is 1.05. The van der Waals surface area contributed by atoms with E-state index in [0.717, 1.165) is 60.2 Å². The lowest BCUT2D eigenvalue weighted by molar-refractivity contribution is -0.119. The van der Waals surface area contributed by atoms with Crippen LogP contribution in [0.3, 0.4) is 0 Å². The van der Waals surface area contributed by atoms with Gasteiger partial charge in [0.15, 0.2) is 28.2 Å². The molecule has 0 spiro atoms. The molecule has 0 atom stereocenters. The molecule has 3 aromatic carbocycles. The van der Waals surface area contributed by atoms with E-state index in [-0.39, 0.29) is 55.7 Å². The van der Waals surface area contributed by atoms with E-state index in [4.69, 9.17) is 16.3 Å². The molecule has 3 saturated carbocycles. The van der Waals surface area contributed by atoms with Gasteiger partial charge in [0.25, 0.3) is 0 Å². The van der Waals surface area contributed by atoms with Crippen LogP contribution in [-0.4, -0.2) is 52.3 Å². The third-order valence-corrected chi connectivity index (χ3v) is 11.3. The first-order valence-electron chi connectivity index (χ1n) is 16.8. The monoisotopic (exact) mass is 794 g/mol. The van der Waals surface area contributed by atoms with Crippen LogP contribution < -0.4 is 9.64 Å². The largest absolute Gasteiger partial charge is 0.488 e. The molecule has 284 valence electrons. The molecular weight excluding hydrogens is 766 g/mol. The molecule has 3 aliphatic carbocycles. The molecule has 1 amide bonds. The number of amides is 1. The van der Waals surface area contributed by atoms with Crippen molar-refractivity contribution in [1.82, 2.24) is 14.3 Å². The Hall–Kier alpha value is -4.74. The highest BCUT2D eigenvalue weighted by Gasteiger charge is 2.40. The SMILES string of the molecule is O=C(O)c1ccc(N(Cc2nc(C3CC3)cc(C3CC3)n2)C(=O)CN(Cc2ccc(F)cc2Cl)S(=O)(=O)c2c(F)c(F)c(F)c(F)c2F)c(OC2CC2)c1. The highest BCUT2D eigenvalue weighted by atomic mass is 35.5. The van der Waals surface area contributed by atoms with E-state index in [2.05, 4.69) is 9.97 Å². The zero-order chi connectivity index (χ0) is 38.6. The van der Waals surface area contributed by atoms with Crippen molar-refractivity contribution in [3.63, 3.8) is 0 Å². The molecule has 1 heterocycles. The summed E-state index contributed by atoms with van der Waals surface area (Å²) in [6, 6.07) is 8.20. The molecular formula is C36H29ClF6N4O6S. The Labute approximate surface area is 309 Å². The van der Waals surface area contributed by atoms with Gasteiger partial charge in [-0.2, -0.15) is 4.31 Å². The molecule has 0 radical (unpaired) electrons. The zero-order valence-electron chi connectivity index (χ0n) is 28.0. The first-order valence-corrected chi connectivity index (χ1v) is 18.6. The lowest BCUT2D eigenvalue weighted by atomic mass is 10.1. The molecule has 0 aliphatic heterocycles. The molecule has 3 fully saturated rings. The molecule has 54 heavy (non-hydrogen) atoms. The van der Waals surface area contributed by atoms with Crippen LogP contribution in [0.15, 0.2) is 47.4 Å². The first-order chi connectivity index (χ1) is 25.6. The van der Waals surface area contributed by atoms with Crippen molar-refractivity contribution in [3.05, 3.63) is 111 Å². The third kappa shape index (κ3) is 7.75. The Kier molecular flexibility index (Phi) is 10.1. The second-order valence-electron chi connectivity index (χ2n) is 13.4. The number of hydrogen-bond donors (Lipinski definition) is 1. The lowest BCUT2D eigenvalue weighted by Gasteiger charge is -2.29. The highest BCUT2D eigenvalue weighted by Crippen LogP contribution is 2.44. The van der Waals surface area contributed by atoms with Crippen molar-refractivity contribution in [2.45, 2.75) is 74.4 Å². The number of carboxylic acid groups (broad SMARTS) is 1. The van der Waals surface area contributed by atoms with Crippen LogP contribution in [0.5, 0.6) is 5.75 Å². The van der Waals surface area contributed by atoms with Gasteiger partial charge < -0.3 is 14.7 Å². The van der Waals surface area contributed by atoms with Crippen molar-refractivity contribution in [2.75, 3.05) is 11.4 Å². The minimum Gasteiger partial charge on any atom is -0.488 e. The minimum atomic E-state index is -5.79. The van der Waals surface area contributed by atoms with Gasteiger partial charge in [-0.05, 0) is 80.5 Å². The number of carbonyl (C=O) groups is 2. The van der Waals surface area contributed by atoms with E-state index >= 15 is 8.78 Å². The summed E-state index contributed by atoms with van der Waals surface area (Å²) < 4.78 is 121. The molecule has 18 heteroatoms. The molecule has 10 nitrogen and oxygen atoms in total. The van der Waals surface area contributed by atoms with Crippen LogP contribution in [0.4, 0.5) is 32.0 Å². The number of aromatic carboxylic acids is 1. The molecule has 1 aromatic heterocycles. The van der Waals surface area contributed by atoms with E-state index in [0.29, 0.717) is 12.8 Å². The van der Waals surface area contributed by atoms with Crippen molar-refractivity contribution in [2.24, 2.45) is 0 Å². The number of rotatable bonds is 14. The van der Waals surface area contributed by atoms with E-state index < -0.39 is 81.3 Å². The fourth-order valence-corrected chi connectivity index (χ4v) is 7.51. The number of carbonyl (C=O) groups excluding carboxylic acids is 1. The number of nitrogens with zero attached hydrogens (tertiary/aromatic N) is 4. The summed E-state index contributed by atoms with van der Waals surface area (Å²) in [7, 11) is -5.79. The van der Waals surface area contributed by atoms with Crippen LogP contribution in [0.25, 0.3) is 0 Å². The predicted octanol–water partition coefficient (Wildman–Crippen LogP) is 7.38. The van der Waals surface area contributed by atoms with Crippen molar-refractivity contribution in [3.8, 4) is 5.75 Å². The summed E-state index contributed by atoms with van der Waals surface area (Å²) in [6.07, 6.45) is 4.45. The summed E-state index contributed by atoms with van der Waals surface area (Å²) >= 11 is 6.16. The highest BCUT2D eigenvalue weighted by molar-refractivity contribution is 7.89. The third-order valence-electron chi connectivity index (χ3n) is 9.16. The van der Waals surface area contributed by atoms with Crippen LogP contribution in [0, 0.1) is 34.9 Å². The Bertz CT molecular complexity index is 2250. The van der Waals surface area contributed by atoms with Crippen LogP contribution in [0.1, 0.15) is 83.5 Å². The number of ether oxygens (including phenoxy) is 1. The van der Waals surface area contributed by atoms with Gasteiger partial charge in [-0.1, -0.05) is 17.7 Å². The van der Waals surface area contributed by atoms with Crippen LogP contribution in [0.2, 0.25) is 5.02 Å². The van der Waals surface area contributed by atoms with E-state index in [1.807, 2.05) is 6.07 Å². The Morgan fingerprint density at radius 2 is 1.39 bits per heavy atom. The van der Waals surface area contributed by atoms with Gasteiger partial charge in [0.05, 0.1) is 30.4 Å². The Balaban J connectivity index is 1.35. The van der Waals surface area contributed by atoms with E-state index in [9.17, 15) is 40.7 Å². The summed E-state index contributed by atoms with van der Waals surface area (Å²) in [5.74, 6) is -15.9. The quantitative estimate of drug-likeness (QED) is 0.0796. The molecule has 1 N–H and O–H groups in total. The fourth-order valence-electron chi connectivity index (χ4n) is 5.81. The average Bonchev–Trinajstić information content (AvgIpc) is 3.96. The zero-order valence-corrected chi connectivity index (χ0v) is 29.5. The number of sulfonamides is 1. The second-order valence-corrected chi connectivity index (χ2v) is 15.7. The maximum atomic E-state index is 15.1. The maximum Gasteiger partial charge on any atom is 0.335 e. The summed E-state index contributed by atoms with van der Waals surface area (Å²) in [4.78, 5) is 34.6. The van der Waals surface area contributed by atoms with Crippen molar-refractivity contribution in [1.29, 1.82) is 0 Å². The molecule has 0 saturated heterocycles. The van der Waals surface area contributed by atoms with Gasteiger partial charge >= 0.3 is 5.97 Å². The Morgan fingerprint density at radius 1 is 0.796 bits per heavy atom. The first kappa shape index (κ1) is 37.6. The summed E-state index contributed by atoms with van der Waals surface area (Å²) in [6.45, 7) is -2.74. The lowest BCUT2D eigenvalue weighted by Crippen LogP contribution is -2.43. The van der Waals surface area contributed by atoms with E-state index in [1.54, 1.807) is 0 Å². The van der Waals surface area contributed by atoms with Crippen LogP contribution in [-0.2, 0) is 27.9 Å². The maximum absolute atomic E-state index is 15.1. The number of carboxylic acids is 1. The van der Waals surface area contributed by atoms with Gasteiger partial charge in [-0.3, -0.25) is 4.79 Å². The molecule has 0 bridgehead atoms. The number of aromatic nitrogens is 2. The second kappa shape index (κ2) is 14.5. The van der Waals surface area contributed by atoms with E-state index in [1.165, 1.54) is 18.2 Å². The number of halogens is 7. The van der Waals surface area contributed by atoms with Crippen LogP contribution >= 0.6 is 11.6 Å². The number of benzene rings is 3. The molecule has 3 aliphatic rings. The Morgan fingerprint density at radius 3 is 1.93 bits per heavy atom. The average molecular weight is 795 g/mol. The number of hydrogen-bond acceptors (Lipinski definition) is 7. The van der Waals surface area contributed by atoms with Crippen molar-refractivity contribution < 1.29 is 54.2 Å². The normalized spacial score (nSPS) is 15.8. The van der Waals surface area contributed by atoms with Gasteiger partial charge in [0.2, 0.25) is 21.7 Å². The smallest absolute Gasteiger partial charge is 0.335 e. The predicted molar refractivity (Wildman–Crippen MR) is 179 cm³/mol. The molecule has 4 aromatic rings. The van der Waals surface area contributed by atoms with Gasteiger partial charge in [0.1, 0.15) is 17.4 Å². The van der Waals surface area contributed by atoms with Gasteiger partial charge in [-0.15, -0.1) is 0 Å². The molecule has 7 rings (SSSR count). The minimum absolute atomic E-state index is 0.0429. The van der Waals surface area contributed by atoms with Crippen molar-refractivity contribution >= 4 is 39.2 Å². The number of anilines is 1. The topological polar surface area (TPSA) is 130 Å². The summed E-state index contributed by atoms with van der Waals surface area (Å²) in [5, 5.41) is 9.33.